The number of phenols is 1. The van der Waals surface area contributed by atoms with Crippen molar-refractivity contribution in [1.29, 1.82) is 0 Å². The van der Waals surface area contributed by atoms with Gasteiger partial charge in [-0.15, -0.1) is 0 Å². The summed E-state index contributed by atoms with van der Waals surface area (Å²) in [6.07, 6.45) is 0.718. The lowest BCUT2D eigenvalue weighted by Crippen LogP contribution is -2.69. The summed E-state index contributed by atoms with van der Waals surface area (Å²) >= 11 is 0. The van der Waals surface area contributed by atoms with Crippen molar-refractivity contribution in [1.82, 2.24) is 0 Å². The van der Waals surface area contributed by atoms with Crippen LogP contribution in [0.2, 0.25) is 0 Å². The Balaban J connectivity index is 1.72. The van der Waals surface area contributed by atoms with E-state index in [0.29, 0.717) is 17.5 Å². The molecule has 2 aromatic rings. The van der Waals surface area contributed by atoms with Crippen molar-refractivity contribution >= 4 is 23.1 Å². The highest BCUT2D eigenvalue weighted by Crippen LogP contribution is 2.65. The average molecular weight is 555 g/mol. The zero-order chi connectivity index (χ0) is 30.1. The van der Waals surface area contributed by atoms with Crippen LogP contribution in [0, 0.1) is 34.5 Å². The van der Waals surface area contributed by atoms with Crippen LogP contribution in [0.15, 0.2) is 59.4 Å². The first-order chi connectivity index (χ1) is 19.2. The summed E-state index contributed by atoms with van der Waals surface area (Å²) in [5, 5.41) is 45.8. The smallest absolute Gasteiger partial charge is 0.203 e. The molecule has 0 heterocycles. The third-order valence-electron chi connectivity index (χ3n) is 9.25. The van der Waals surface area contributed by atoms with Crippen molar-refractivity contribution in [2.24, 2.45) is 22.7 Å². The van der Waals surface area contributed by atoms with Crippen LogP contribution in [-0.2, 0) is 27.2 Å². The third kappa shape index (κ3) is 3.88. The van der Waals surface area contributed by atoms with Crippen molar-refractivity contribution in [3.63, 3.8) is 0 Å². The number of Topliss-reactive ketones (excluding diaryl/α,β-unsaturated/α-hetero) is 3. The molecule has 7 nitrogen and oxygen atoms in total. The van der Waals surface area contributed by atoms with Crippen molar-refractivity contribution in [2.45, 2.75) is 59.5 Å². The molecule has 0 spiro atoms. The molecule has 0 aliphatic heterocycles. The Bertz CT molecular complexity index is 1630. The van der Waals surface area contributed by atoms with Gasteiger partial charge in [-0.05, 0) is 48.9 Å². The van der Waals surface area contributed by atoms with Gasteiger partial charge in [-0.25, -0.2) is 0 Å². The predicted octanol–water partition coefficient (Wildman–Crippen LogP) is 4.78. The second-order valence-electron chi connectivity index (χ2n) is 12.4. The minimum absolute atomic E-state index is 0.0391. The van der Waals surface area contributed by atoms with E-state index in [1.807, 2.05) is 30.3 Å². The Morgan fingerprint density at radius 2 is 1.71 bits per heavy atom. The van der Waals surface area contributed by atoms with Gasteiger partial charge in [-0.3, -0.25) is 14.4 Å². The lowest BCUT2D eigenvalue weighted by atomic mass is 9.43. The number of carbonyl (C=O) groups excluding carboxylic acids is 3. The van der Waals surface area contributed by atoms with Gasteiger partial charge in [-0.2, -0.15) is 0 Å². The van der Waals surface area contributed by atoms with Crippen LogP contribution >= 0.6 is 0 Å². The number of hydrogen-bond acceptors (Lipinski definition) is 7. The van der Waals surface area contributed by atoms with Gasteiger partial charge in [0.15, 0.2) is 17.2 Å². The molecule has 1 unspecified atom stereocenters. The van der Waals surface area contributed by atoms with Gasteiger partial charge in [0.2, 0.25) is 5.78 Å². The quantitative estimate of drug-likeness (QED) is 0.317. The second kappa shape index (κ2) is 9.46. The lowest BCUT2D eigenvalue weighted by Gasteiger charge is -2.59. The summed E-state index contributed by atoms with van der Waals surface area (Å²) in [6.45, 7) is 8.03. The van der Waals surface area contributed by atoms with E-state index in [0.717, 1.165) is 12.5 Å². The minimum Gasteiger partial charge on any atom is -0.508 e. The number of aromatic hydroxyl groups is 1. The molecule has 0 radical (unpaired) electrons. The van der Waals surface area contributed by atoms with Crippen molar-refractivity contribution < 1.29 is 34.8 Å². The summed E-state index contributed by atoms with van der Waals surface area (Å²) in [6, 6.07) is 12.8. The molecule has 0 bridgehead atoms. The Morgan fingerprint density at radius 3 is 2.32 bits per heavy atom. The average Bonchev–Trinajstić information content (AvgIpc) is 2.87. The maximum absolute atomic E-state index is 14.3. The zero-order valence-electron chi connectivity index (χ0n) is 23.8. The SMILES string of the molecule is CC(=O)C1=C(O)[C@]2(O)C(=O)C3=C(O)c4c(O)ccc(C#CCc5ccccc5)c4C[C@]3(C)C[C@]2(C)C(C(C)C)C1=O. The first kappa shape index (κ1) is 28.4. The zero-order valence-corrected chi connectivity index (χ0v) is 23.8. The maximum Gasteiger partial charge on any atom is 0.203 e. The molecule has 1 saturated carbocycles. The van der Waals surface area contributed by atoms with Gasteiger partial charge in [0, 0.05) is 34.3 Å². The first-order valence-corrected chi connectivity index (χ1v) is 13.8. The number of phenolic OH excluding ortho intramolecular Hbond substituents is 1. The number of carbonyl (C=O) groups is 3. The Labute approximate surface area is 239 Å². The van der Waals surface area contributed by atoms with Crippen LogP contribution in [0.5, 0.6) is 5.75 Å². The minimum atomic E-state index is -2.63. The van der Waals surface area contributed by atoms with Crippen LogP contribution in [0.1, 0.15) is 63.3 Å². The highest BCUT2D eigenvalue weighted by molar-refractivity contribution is 6.24. The number of ketones is 3. The summed E-state index contributed by atoms with van der Waals surface area (Å²) < 4.78 is 0. The molecule has 3 aliphatic carbocycles. The molecule has 2 aromatic carbocycles. The molecule has 0 aromatic heterocycles. The van der Waals surface area contributed by atoms with E-state index in [1.54, 1.807) is 33.8 Å². The lowest BCUT2D eigenvalue weighted by molar-refractivity contribution is -0.178. The van der Waals surface area contributed by atoms with Crippen molar-refractivity contribution in [2.75, 3.05) is 0 Å². The van der Waals surface area contributed by atoms with Crippen LogP contribution in [0.3, 0.4) is 0 Å². The first-order valence-electron chi connectivity index (χ1n) is 13.8. The van der Waals surface area contributed by atoms with Crippen LogP contribution in [0.25, 0.3) is 5.76 Å². The van der Waals surface area contributed by atoms with Gasteiger partial charge < -0.3 is 20.4 Å². The number of rotatable bonds is 3. The molecule has 4 atom stereocenters. The predicted molar refractivity (Wildman–Crippen MR) is 153 cm³/mol. The molecule has 0 amide bonds. The highest BCUT2D eigenvalue weighted by Gasteiger charge is 2.72. The Kier molecular flexibility index (Phi) is 6.55. The van der Waals surface area contributed by atoms with Gasteiger partial charge >= 0.3 is 0 Å². The number of benzene rings is 2. The molecule has 4 N–H and O–H groups in total. The maximum atomic E-state index is 14.3. The fraction of sp³-hybridized carbons (Fsp3) is 0.382. The number of hydrogen-bond donors (Lipinski definition) is 4. The fourth-order valence-electron chi connectivity index (χ4n) is 7.67. The summed E-state index contributed by atoms with van der Waals surface area (Å²) in [5.74, 6) is 0.904. The number of aliphatic hydroxyl groups is 3. The third-order valence-corrected chi connectivity index (χ3v) is 9.25. The second-order valence-corrected chi connectivity index (χ2v) is 12.4. The largest absolute Gasteiger partial charge is 0.508 e. The van der Waals surface area contributed by atoms with E-state index >= 15 is 0 Å². The summed E-state index contributed by atoms with van der Waals surface area (Å²) in [4.78, 5) is 40.4. The van der Waals surface area contributed by atoms with Crippen LogP contribution < -0.4 is 0 Å². The molecule has 5 rings (SSSR count). The molecular formula is C34H34O7. The fourth-order valence-corrected chi connectivity index (χ4v) is 7.67. The van der Waals surface area contributed by atoms with Gasteiger partial charge in [-0.1, -0.05) is 69.9 Å². The molecule has 1 fully saturated rings. The molecule has 7 heteroatoms. The van der Waals surface area contributed by atoms with E-state index in [2.05, 4.69) is 11.8 Å². The van der Waals surface area contributed by atoms with E-state index in [4.69, 9.17) is 0 Å². The highest BCUT2D eigenvalue weighted by atomic mass is 16.3. The Morgan fingerprint density at radius 1 is 1.05 bits per heavy atom. The normalized spacial score (nSPS) is 29.0. The Hall–Kier alpha value is -4.15. The van der Waals surface area contributed by atoms with Crippen molar-refractivity contribution in [3.8, 4) is 17.6 Å². The molecule has 3 aliphatic rings. The van der Waals surface area contributed by atoms with E-state index in [-0.39, 0.29) is 35.6 Å². The van der Waals surface area contributed by atoms with Crippen LogP contribution in [-0.4, -0.2) is 43.4 Å². The topological polar surface area (TPSA) is 132 Å². The summed E-state index contributed by atoms with van der Waals surface area (Å²) in [7, 11) is 0. The van der Waals surface area contributed by atoms with Crippen LogP contribution in [0.4, 0.5) is 0 Å². The van der Waals surface area contributed by atoms with Gasteiger partial charge in [0.05, 0.1) is 5.56 Å². The van der Waals surface area contributed by atoms with Crippen molar-refractivity contribution in [3.05, 3.63) is 81.6 Å². The number of aliphatic hydroxyl groups excluding tert-OH is 2. The molecule has 41 heavy (non-hydrogen) atoms. The van der Waals surface area contributed by atoms with Gasteiger partial charge in [0.1, 0.15) is 22.8 Å². The monoisotopic (exact) mass is 554 g/mol. The van der Waals surface area contributed by atoms with E-state index in [1.165, 1.54) is 6.07 Å². The van der Waals surface area contributed by atoms with E-state index in [9.17, 15) is 34.8 Å². The number of fused-ring (bicyclic) bond motifs is 3. The number of allylic oxidation sites excluding steroid dienone is 1. The van der Waals surface area contributed by atoms with E-state index < -0.39 is 56.8 Å². The standard InChI is InChI=1S/C34H34O7/c1-18(2)26-28(37)24(19(3)35)30(39)34(41)31(40)27-29(38)25-22(16-32(27,4)17-33(26,34)5)21(14-15-23(25)36)13-9-12-20-10-7-6-8-11-20/h6-8,10-11,14-15,18,26,36,38-39,41H,12,16-17H2,1-5H3/t26?,32-,33-,34+/m1/s1. The molecular weight excluding hydrogens is 520 g/mol. The molecule has 212 valence electrons. The molecule has 0 saturated heterocycles. The van der Waals surface area contributed by atoms with Gasteiger partial charge in [0.25, 0.3) is 0 Å². The summed E-state index contributed by atoms with van der Waals surface area (Å²) in [5.41, 5.74) is -3.72.